The van der Waals surface area contributed by atoms with Gasteiger partial charge in [-0.1, -0.05) is 0 Å². The van der Waals surface area contributed by atoms with E-state index in [1.54, 1.807) is 0 Å². The van der Waals surface area contributed by atoms with E-state index in [1.807, 2.05) is 0 Å². The molecule has 1 nitrogen and oxygen atoms in total. The Bertz CT molecular complexity index is 260. The molecule has 0 saturated carbocycles. The Morgan fingerprint density at radius 1 is 1.15 bits per heavy atom. The van der Waals surface area contributed by atoms with Crippen molar-refractivity contribution in [2.45, 2.75) is 17.0 Å². The highest BCUT2D eigenvalue weighted by Crippen LogP contribution is 2.53. The summed E-state index contributed by atoms with van der Waals surface area (Å²) in [6.07, 6.45) is -5.54. The number of rotatable bonds is 0. The lowest BCUT2D eigenvalue weighted by Gasteiger charge is -2.35. The first-order chi connectivity index (χ1) is 5.63. The van der Waals surface area contributed by atoms with Gasteiger partial charge in [0.25, 0.3) is 5.00 Å². The molecule has 1 heterocycles. The van der Waals surface area contributed by atoms with Gasteiger partial charge in [0.05, 0.1) is 0 Å². The van der Waals surface area contributed by atoms with Gasteiger partial charge in [0, 0.05) is 0 Å². The molecule has 0 fully saturated rings. The van der Waals surface area contributed by atoms with Gasteiger partial charge in [0.1, 0.15) is 6.26 Å². The molecular formula is C5H2F6OS. The first kappa shape index (κ1) is 10.6. The number of thiol groups is 1. The number of alkyl halides is 5. The molecular weight excluding hydrogens is 222 g/mol. The van der Waals surface area contributed by atoms with Crippen molar-refractivity contribution in [3.63, 3.8) is 0 Å². The smallest absolute Gasteiger partial charge is 0.433 e. The van der Waals surface area contributed by atoms with Crippen LogP contribution in [0, 0.1) is 0 Å². The van der Waals surface area contributed by atoms with Crippen molar-refractivity contribution in [3.8, 4) is 0 Å². The van der Waals surface area contributed by atoms with Crippen LogP contribution in [0.1, 0.15) is 0 Å². The van der Waals surface area contributed by atoms with E-state index < -0.39 is 29.1 Å². The Hall–Kier alpha value is -0.530. The van der Waals surface area contributed by atoms with Crippen LogP contribution in [0.5, 0.6) is 0 Å². The molecule has 0 radical (unpaired) electrons. The third-order valence-corrected chi connectivity index (χ3v) is 1.90. The highest BCUT2D eigenvalue weighted by Gasteiger charge is 2.75. The second kappa shape index (κ2) is 2.49. The van der Waals surface area contributed by atoms with Crippen LogP contribution in [0.2, 0.25) is 0 Å². The van der Waals surface area contributed by atoms with E-state index in [0.29, 0.717) is 0 Å². The first-order valence-electron chi connectivity index (χ1n) is 2.84. The van der Waals surface area contributed by atoms with Crippen LogP contribution in [0.25, 0.3) is 0 Å². The summed E-state index contributed by atoms with van der Waals surface area (Å²) >= 11 is 2.49. The van der Waals surface area contributed by atoms with E-state index in [-0.39, 0.29) is 0 Å². The molecule has 13 heavy (non-hydrogen) atoms. The lowest BCUT2D eigenvalue weighted by molar-refractivity contribution is -0.356. The molecule has 1 aliphatic heterocycles. The minimum absolute atomic E-state index is 0.426. The van der Waals surface area contributed by atoms with Gasteiger partial charge in [0.2, 0.25) is 0 Å². The topological polar surface area (TPSA) is 9.23 Å². The maximum absolute atomic E-state index is 12.6. The summed E-state index contributed by atoms with van der Waals surface area (Å²) in [5.74, 6) is -7.56. The second-order valence-electron chi connectivity index (χ2n) is 2.30. The van der Waals surface area contributed by atoms with Crippen molar-refractivity contribution >= 4 is 12.6 Å². The van der Waals surface area contributed by atoms with Crippen LogP contribution in [-0.4, -0.2) is 17.0 Å². The Morgan fingerprint density at radius 2 is 1.62 bits per heavy atom. The predicted octanol–water partition coefficient (Wildman–Crippen LogP) is 2.65. The molecule has 0 spiro atoms. The molecule has 0 aromatic heterocycles. The summed E-state index contributed by atoms with van der Waals surface area (Å²) in [5.41, 5.74) is 0. The molecule has 1 aliphatic rings. The SMILES string of the molecule is FC1=COC(F)(F)C(F)(F)C1(F)S. The minimum Gasteiger partial charge on any atom is -0.433 e. The highest BCUT2D eigenvalue weighted by atomic mass is 32.1. The van der Waals surface area contributed by atoms with Crippen LogP contribution >= 0.6 is 12.6 Å². The average molecular weight is 224 g/mol. The molecule has 1 rings (SSSR count). The zero-order valence-corrected chi connectivity index (χ0v) is 6.60. The third-order valence-electron chi connectivity index (χ3n) is 1.41. The van der Waals surface area contributed by atoms with Crippen LogP contribution in [0.3, 0.4) is 0 Å². The first-order valence-corrected chi connectivity index (χ1v) is 3.28. The molecule has 8 heteroatoms. The fourth-order valence-electron chi connectivity index (χ4n) is 0.621. The summed E-state index contributed by atoms with van der Waals surface area (Å²) in [4.78, 5) is 0. The van der Waals surface area contributed by atoms with Gasteiger partial charge in [-0.25, -0.2) is 8.78 Å². The summed E-state index contributed by atoms with van der Waals surface area (Å²) in [7, 11) is 0. The molecule has 76 valence electrons. The van der Waals surface area contributed by atoms with Crippen molar-refractivity contribution < 1.29 is 31.1 Å². The molecule has 1 unspecified atom stereocenters. The summed E-state index contributed by atoms with van der Waals surface area (Å²) < 4.78 is 77.1. The van der Waals surface area contributed by atoms with E-state index in [2.05, 4.69) is 17.4 Å². The molecule has 1 atom stereocenters. The normalized spacial score (nSPS) is 36.4. The van der Waals surface area contributed by atoms with Crippen LogP contribution in [-0.2, 0) is 4.74 Å². The van der Waals surface area contributed by atoms with Crippen LogP contribution in [0.15, 0.2) is 12.1 Å². The van der Waals surface area contributed by atoms with Crippen molar-refractivity contribution in [2.24, 2.45) is 0 Å². The Balaban J connectivity index is 3.23. The van der Waals surface area contributed by atoms with E-state index in [0.717, 1.165) is 0 Å². The highest BCUT2D eigenvalue weighted by molar-refractivity contribution is 7.82. The van der Waals surface area contributed by atoms with Gasteiger partial charge in [-0.3, -0.25) is 0 Å². The number of halogens is 6. The van der Waals surface area contributed by atoms with Crippen molar-refractivity contribution in [2.75, 3.05) is 0 Å². The molecule has 0 aromatic rings. The zero-order chi connectivity index (χ0) is 10.5. The van der Waals surface area contributed by atoms with E-state index in [9.17, 15) is 26.3 Å². The Labute approximate surface area is 73.8 Å². The number of hydrogen-bond acceptors (Lipinski definition) is 2. The third kappa shape index (κ3) is 1.18. The lowest BCUT2D eigenvalue weighted by Crippen LogP contribution is -2.57. The van der Waals surface area contributed by atoms with E-state index in [1.165, 1.54) is 0 Å². The predicted molar refractivity (Wildman–Crippen MR) is 33.0 cm³/mol. The standard InChI is InChI=1S/C5H2F6OS/c6-2-1-12-5(10,11)4(8,9)3(2,7)13/h1,13H. The summed E-state index contributed by atoms with van der Waals surface area (Å²) in [6.45, 7) is 0. The summed E-state index contributed by atoms with van der Waals surface area (Å²) in [5, 5.41) is -4.35. The zero-order valence-electron chi connectivity index (χ0n) is 5.70. The second-order valence-corrected chi connectivity index (χ2v) is 2.91. The number of hydrogen-bond donors (Lipinski definition) is 1. The molecule has 0 aliphatic carbocycles. The molecule has 0 amide bonds. The minimum atomic E-state index is -5.36. The fraction of sp³-hybridized carbons (Fsp3) is 0.600. The van der Waals surface area contributed by atoms with Crippen molar-refractivity contribution in [1.82, 2.24) is 0 Å². The van der Waals surface area contributed by atoms with Gasteiger partial charge >= 0.3 is 12.0 Å². The number of ether oxygens (including phenoxy) is 1. The average Bonchev–Trinajstić information content (AvgIpc) is 1.97. The Morgan fingerprint density at radius 3 is 2.00 bits per heavy atom. The van der Waals surface area contributed by atoms with Gasteiger partial charge in [-0.2, -0.15) is 17.6 Å². The molecule has 0 N–H and O–H groups in total. The van der Waals surface area contributed by atoms with Crippen LogP contribution < -0.4 is 0 Å². The quantitative estimate of drug-likeness (QED) is 0.491. The van der Waals surface area contributed by atoms with Gasteiger partial charge in [-0.15, -0.1) is 12.6 Å². The monoisotopic (exact) mass is 224 g/mol. The maximum Gasteiger partial charge on any atom is 0.468 e. The van der Waals surface area contributed by atoms with Crippen LogP contribution in [0.4, 0.5) is 26.3 Å². The van der Waals surface area contributed by atoms with Gasteiger partial charge in [-0.05, 0) is 0 Å². The fourth-order valence-corrected chi connectivity index (χ4v) is 0.804. The van der Waals surface area contributed by atoms with Crippen molar-refractivity contribution in [1.29, 1.82) is 0 Å². The Kier molecular flexibility index (Phi) is 2.02. The summed E-state index contributed by atoms with van der Waals surface area (Å²) in [6, 6.07) is 0. The van der Waals surface area contributed by atoms with E-state index >= 15 is 0 Å². The van der Waals surface area contributed by atoms with Gasteiger partial charge in [0.15, 0.2) is 5.83 Å². The van der Waals surface area contributed by atoms with Gasteiger partial charge < -0.3 is 4.74 Å². The molecule has 0 saturated heterocycles. The maximum atomic E-state index is 12.6. The molecule has 0 aromatic carbocycles. The van der Waals surface area contributed by atoms with Crippen molar-refractivity contribution in [3.05, 3.63) is 12.1 Å². The molecule has 0 bridgehead atoms. The van der Waals surface area contributed by atoms with E-state index in [4.69, 9.17) is 0 Å². The largest absolute Gasteiger partial charge is 0.468 e. The lowest BCUT2D eigenvalue weighted by atomic mass is 10.1.